The quantitative estimate of drug-likeness (QED) is 0.745. The summed E-state index contributed by atoms with van der Waals surface area (Å²) >= 11 is 0. The van der Waals surface area contributed by atoms with Gasteiger partial charge in [-0.15, -0.1) is 0 Å². The summed E-state index contributed by atoms with van der Waals surface area (Å²) < 4.78 is 1.66. The molecule has 0 saturated heterocycles. The first-order chi connectivity index (χ1) is 7.09. The molecule has 0 saturated carbocycles. The Bertz CT molecular complexity index is 486. The van der Waals surface area contributed by atoms with Crippen LogP contribution in [-0.2, 0) is 13.5 Å². The summed E-state index contributed by atoms with van der Waals surface area (Å²) in [6.07, 6.45) is 7.12. The van der Waals surface area contributed by atoms with Gasteiger partial charge in [-0.1, -0.05) is 26.0 Å². The fourth-order valence-electron chi connectivity index (χ4n) is 1.85. The van der Waals surface area contributed by atoms with Crippen LogP contribution in [0.5, 0.6) is 0 Å². The van der Waals surface area contributed by atoms with E-state index in [2.05, 4.69) is 31.0 Å². The van der Waals surface area contributed by atoms with Crippen LogP contribution in [0.4, 0.5) is 0 Å². The maximum absolute atomic E-state index is 11.4. The van der Waals surface area contributed by atoms with Crippen LogP contribution in [-0.4, -0.2) is 9.55 Å². The monoisotopic (exact) mass is 204 g/mol. The highest BCUT2D eigenvalue weighted by Crippen LogP contribution is 2.19. The van der Waals surface area contributed by atoms with Crippen LogP contribution in [0.1, 0.15) is 25.2 Å². The first-order valence-corrected chi connectivity index (χ1v) is 5.25. The van der Waals surface area contributed by atoms with E-state index in [1.165, 1.54) is 5.57 Å². The summed E-state index contributed by atoms with van der Waals surface area (Å²) in [6, 6.07) is 0. The largest absolute Gasteiger partial charge is 0.325 e. The van der Waals surface area contributed by atoms with Crippen LogP contribution in [0.25, 0.3) is 6.08 Å². The molecule has 0 spiro atoms. The average molecular weight is 204 g/mol. The second-order valence-electron chi connectivity index (χ2n) is 4.25. The van der Waals surface area contributed by atoms with Gasteiger partial charge in [0.25, 0.3) is 0 Å². The van der Waals surface area contributed by atoms with E-state index in [1.54, 1.807) is 11.6 Å². The van der Waals surface area contributed by atoms with Gasteiger partial charge in [0.2, 0.25) is 0 Å². The zero-order valence-electron chi connectivity index (χ0n) is 9.37. The molecular formula is C12H16N2O. The molecule has 1 aromatic heterocycles. The highest BCUT2D eigenvalue weighted by atomic mass is 16.1. The van der Waals surface area contributed by atoms with Crippen LogP contribution in [0.3, 0.4) is 0 Å². The Kier molecular flexibility index (Phi) is 2.39. The van der Waals surface area contributed by atoms with Crippen molar-refractivity contribution in [2.45, 2.75) is 20.3 Å². The van der Waals surface area contributed by atoms with E-state index in [9.17, 15) is 4.79 Å². The van der Waals surface area contributed by atoms with Gasteiger partial charge in [0.15, 0.2) is 0 Å². The lowest BCUT2D eigenvalue weighted by Gasteiger charge is -2.03. The minimum Gasteiger partial charge on any atom is -0.309 e. The van der Waals surface area contributed by atoms with Gasteiger partial charge in [-0.3, -0.25) is 4.57 Å². The number of H-pyrrole nitrogens is 1. The molecule has 0 amide bonds. The van der Waals surface area contributed by atoms with E-state index in [0.717, 1.165) is 17.8 Å². The Morgan fingerprint density at radius 1 is 1.40 bits per heavy atom. The number of aromatic nitrogens is 2. The van der Waals surface area contributed by atoms with Gasteiger partial charge in [0, 0.05) is 19.2 Å². The lowest BCUT2D eigenvalue weighted by molar-refractivity contribution is 0.787. The summed E-state index contributed by atoms with van der Waals surface area (Å²) in [6.45, 7) is 4.35. The van der Waals surface area contributed by atoms with Crippen LogP contribution in [0.15, 0.2) is 22.5 Å². The average Bonchev–Trinajstić information content (AvgIpc) is 2.40. The Morgan fingerprint density at radius 2 is 2.13 bits per heavy atom. The van der Waals surface area contributed by atoms with Gasteiger partial charge < -0.3 is 4.98 Å². The third-order valence-electron chi connectivity index (χ3n) is 2.88. The maximum Gasteiger partial charge on any atom is 0.325 e. The number of aromatic amines is 1. The molecule has 0 aliphatic heterocycles. The van der Waals surface area contributed by atoms with Gasteiger partial charge in [0.1, 0.15) is 0 Å². The molecular weight excluding hydrogens is 188 g/mol. The number of allylic oxidation sites excluding steroid dienone is 3. The first-order valence-electron chi connectivity index (χ1n) is 5.25. The van der Waals surface area contributed by atoms with E-state index in [1.807, 2.05) is 6.08 Å². The number of fused-ring (bicyclic) bond motifs is 1. The van der Waals surface area contributed by atoms with Crippen LogP contribution < -0.4 is 5.69 Å². The molecule has 1 aliphatic carbocycles. The van der Waals surface area contributed by atoms with Gasteiger partial charge in [-0.2, -0.15) is 0 Å². The molecule has 1 aromatic rings. The van der Waals surface area contributed by atoms with Crippen molar-refractivity contribution < 1.29 is 0 Å². The Morgan fingerprint density at radius 3 is 2.80 bits per heavy atom. The van der Waals surface area contributed by atoms with E-state index < -0.39 is 0 Å². The predicted molar refractivity (Wildman–Crippen MR) is 61.7 cm³/mol. The topological polar surface area (TPSA) is 37.8 Å². The molecule has 0 radical (unpaired) electrons. The summed E-state index contributed by atoms with van der Waals surface area (Å²) in [5.41, 5.74) is 3.29. The summed E-state index contributed by atoms with van der Waals surface area (Å²) in [5.74, 6) is 0.530. The molecule has 1 heterocycles. The van der Waals surface area contributed by atoms with Crippen molar-refractivity contribution in [3.8, 4) is 0 Å². The van der Waals surface area contributed by atoms with Crippen molar-refractivity contribution in [2.75, 3.05) is 0 Å². The summed E-state index contributed by atoms with van der Waals surface area (Å²) in [7, 11) is 1.79. The van der Waals surface area contributed by atoms with Crippen molar-refractivity contribution in [3.63, 3.8) is 0 Å². The van der Waals surface area contributed by atoms with Crippen LogP contribution in [0, 0.1) is 5.92 Å². The second-order valence-corrected chi connectivity index (χ2v) is 4.25. The minimum atomic E-state index is -0.0361. The summed E-state index contributed by atoms with van der Waals surface area (Å²) in [4.78, 5) is 14.3. The molecule has 0 fully saturated rings. The van der Waals surface area contributed by atoms with E-state index in [4.69, 9.17) is 0 Å². The van der Waals surface area contributed by atoms with E-state index in [-0.39, 0.29) is 5.69 Å². The van der Waals surface area contributed by atoms with Crippen molar-refractivity contribution >= 4 is 6.08 Å². The lowest BCUT2D eigenvalue weighted by Crippen LogP contribution is -2.13. The number of rotatable bonds is 1. The molecule has 2 rings (SSSR count). The molecule has 15 heavy (non-hydrogen) atoms. The van der Waals surface area contributed by atoms with Gasteiger partial charge in [-0.05, 0) is 17.6 Å². The summed E-state index contributed by atoms with van der Waals surface area (Å²) in [5, 5.41) is 0. The number of imidazole rings is 1. The normalized spacial score (nSPS) is 15.1. The van der Waals surface area contributed by atoms with Gasteiger partial charge in [0.05, 0.1) is 5.69 Å². The molecule has 1 aliphatic rings. The Hall–Kier alpha value is -1.51. The maximum atomic E-state index is 11.4. The van der Waals surface area contributed by atoms with E-state index >= 15 is 0 Å². The number of hydrogen-bond donors (Lipinski definition) is 1. The van der Waals surface area contributed by atoms with E-state index in [0.29, 0.717) is 5.92 Å². The zero-order valence-corrected chi connectivity index (χ0v) is 9.37. The Labute approximate surface area is 89.1 Å². The molecule has 0 atom stereocenters. The van der Waals surface area contributed by atoms with Crippen molar-refractivity contribution in [1.82, 2.24) is 9.55 Å². The standard InChI is InChI=1S/C12H16N2O/c1-8(2)9-4-6-10-11(7-5-9)14(3)12(15)13-10/h4-5,7-8H,6H2,1-3H3,(H,13,15). The number of nitrogens with one attached hydrogen (secondary N) is 1. The smallest absolute Gasteiger partial charge is 0.309 e. The van der Waals surface area contributed by atoms with Gasteiger partial charge in [-0.25, -0.2) is 4.79 Å². The molecule has 0 unspecified atom stereocenters. The highest BCUT2D eigenvalue weighted by Gasteiger charge is 2.11. The zero-order chi connectivity index (χ0) is 11.0. The molecule has 0 bridgehead atoms. The molecule has 0 aromatic carbocycles. The number of nitrogens with zero attached hydrogens (tertiary/aromatic N) is 1. The van der Waals surface area contributed by atoms with Crippen LogP contribution >= 0.6 is 0 Å². The SMILES string of the molecule is CC(C)C1=CCc2[nH]c(=O)n(C)c2C=C1. The van der Waals surface area contributed by atoms with Crippen LogP contribution in [0.2, 0.25) is 0 Å². The predicted octanol–water partition coefficient (Wildman–Crippen LogP) is 1.87. The molecule has 3 nitrogen and oxygen atoms in total. The van der Waals surface area contributed by atoms with Crippen molar-refractivity contribution in [1.29, 1.82) is 0 Å². The third kappa shape index (κ3) is 1.69. The molecule has 3 heteroatoms. The Balaban J connectivity index is 2.45. The van der Waals surface area contributed by atoms with Crippen molar-refractivity contribution in [2.24, 2.45) is 13.0 Å². The fraction of sp³-hybridized carbons (Fsp3) is 0.417. The molecule has 80 valence electrons. The number of hydrogen-bond acceptors (Lipinski definition) is 1. The lowest BCUT2D eigenvalue weighted by atomic mass is 10.0. The van der Waals surface area contributed by atoms with Crippen molar-refractivity contribution in [3.05, 3.63) is 39.6 Å². The first kappa shape index (κ1) is 10.0. The fourth-order valence-corrected chi connectivity index (χ4v) is 1.85. The van der Waals surface area contributed by atoms with Gasteiger partial charge >= 0.3 is 5.69 Å². The third-order valence-corrected chi connectivity index (χ3v) is 2.88. The minimum absolute atomic E-state index is 0.0361. The highest BCUT2D eigenvalue weighted by molar-refractivity contribution is 5.55. The second kappa shape index (κ2) is 3.57. The molecule has 1 N–H and O–H groups in total.